The first-order chi connectivity index (χ1) is 21.0. The van der Waals surface area contributed by atoms with Crippen molar-refractivity contribution in [2.45, 2.75) is 102 Å². The Kier molecular flexibility index (Phi) is 10.8. The summed E-state index contributed by atoms with van der Waals surface area (Å²) in [5.41, 5.74) is 6.03. The number of nitrogens with one attached hydrogen (secondary N) is 1. The van der Waals surface area contributed by atoms with Gasteiger partial charge in [-0.1, -0.05) is 24.3 Å². The van der Waals surface area contributed by atoms with E-state index in [1.165, 1.54) is 0 Å². The van der Waals surface area contributed by atoms with Crippen molar-refractivity contribution >= 4 is 5.91 Å². The molecular weight excluding hydrogens is 542 g/mol. The van der Waals surface area contributed by atoms with Crippen LogP contribution in [-0.2, 0) is 28.2 Å². The van der Waals surface area contributed by atoms with Crippen LogP contribution in [-0.4, -0.2) is 51.4 Å². The van der Waals surface area contributed by atoms with E-state index in [4.69, 9.17) is 19.6 Å². The van der Waals surface area contributed by atoms with E-state index in [0.717, 1.165) is 97.2 Å². The minimum absolute atomic E-state index is 0.0555. The molecule has 2 heterocycles. The number of rotatable bonds is 18. The first kappa shape index (κ1) is 31.1. The second-order valence-corrected chi connectivity index (χ2v) is 12.0. The smallest absolute Gasteiger partial charge is 0.219 e. The van der Waals surface area contributed by atoms with Gasteiger partial charge in [-0.05, 0) is 100 Å². The number of hydrogen-bond acceptors (Lipinski definition) is 7. The number of pyridine rings is 2. The highest BCUT2D eigenvalue weighted by atomic mass is 16.5. The fourth-order valence-electron chi connectivity index (χ4n) is 5.37. The van der Waals surface area contributed by atoms with E-state index < -0.39 is 6.10 Å². The van der Waals surface area contributed by atoms with Crippen LogP contribution < -0.4 is 10.1 Å². The molecule has 3 aromatic rings. The van der Waals surface area contributed by atoms with E-state index in [0.29, 0.717) is 32.1 Å². The van der Waals surface area contributed by atoms with Gasteiger partial charge in [-0.2, -0.15) is 0 Å². The third-order valence-corrected chi connectivity index (χ3v) is 8.34. The van der Waals surface area contributed by atoms with Gasteiger partial charge in [0.15, 0.2) is 0 Å². The van der Waals surface area contributed by atoms with Crippen molar-refractivity contribution in [3.05, 3.63) is 77.4 Å². The van der Waals surface area contributed by atoms with E-state index >= 15 is 0 Å². The summed E-state index contributed by atoms with van der Waals surface area (Å²) in [6.07, 6.45) is 12.7. The summed E-state index contributed by atoms with van der Waals surface area (Å²) in [6.45, 7) is 2.90. The van der Waals surface area contributed by atoms with Crippen molar-refractivity contribution < 1.29 is 24.5 Å². The van der Waals surface area contributed by atoms with E-state index in [1.54, 1.807) is 0 Å². The number of unbranched alkanes of at least 4 members (excludes halogenated alkanes) is 2. The zero-order valence-electron chi connectivity index (χ0n) is 25.3. The lowest BCUT2D eigenvalue weighted by molar-refractivity contribution is -0.121. The monoisotopic (exact) mass is 587 g/mol. The Hall–Kier alpha value is -3.33. The number of nitrogens with zero attached hydrogens (tertiary/aromatic N) is 2. The average Bonchev–Trinajstić information content (AvgIpc) is 3.97. The van der Waals surface area contributed by atoms with Crippen LogP contribution in [0.1, 0.15) is 86.7 Å². The highest BCUT2D eigenvalue weighted by Gasteiger charge is 2.48. The summed E-state index contributed by atoms with van der Waals surface area (Å²) in [4.78, 5) is 21.6. The van der Waals surface area contributed by atoms with Crippen molar-refractivity contribution in [1.29, 1.82) is 0 Å². The SMILES string of the molecule is Cc1ccc(CCCCC(=O)NCCCCC(O)CO)nc1COC1(c2cnccc2-c2ccccc2OC2CC2)CC1. The van der Waals surface area contributed by atoms with Crippen molar-refractivity contribution in [3.63, 3.8) is 0 Å². The number of hydrogen-bond donors (Lipinski definition) is 3. The molecule has 2 aliphatic rings. The van der Waals surface area contributed by atoms with E-state index in [-0.39, 0.29) is 18.1 Å². The maximum Gasteiger partial charge on any atom is 0.219 e. The molecule has 43 heavy (non-hydrogen) atoms. The quantitative estimate of drug-likeness (QED) is 0.167. The van der Waals surface area contributed by atoms with E-state index in [2.05, 4.69) is 53.6 Å². The third kappa shape index (κ3) is 8.85. The number of aliphatic hydroxyl groups excluding tert-OH is 2. The van der Waals surface area contributed by atoms with Gasteiger partial charge in [0.25, 0.3) is 0 Å². The Balaban J connectivity index is 1.12. The summed E-state index contributed by atoms with van der Waals surface area (Å²) in [6, 6.07) is 14.5. The van der Waals surface area contributed by atoms with Crippen LogP contribution in [0.5, 0.6) is 5.75 Å². The minimum Gasteiger partial charge on any atom is -0.490 e. The molecule has 0 bridgehead atoms. The number of carbonyl (C=O) groups excluding carboxylic acids is 1. The van der Waals surface area contributed by atoms with Gasteiger partial charge >= 0.3 is 0 Å². The van der Waals surface area contributed by atoms with Crippen molar-refractivity contribution in [2.24, 2.45) is 0 Å². The number of aliphatic hydroxyl groups is 2. The van der Waals surface area contributed by atoms with Gasteiger partial charge in [-0.3, -0.25) is 14.8 Å². The average molecular weight is 588 g/mol. The Morgan fingerprint density at radius 3 is 2.70 bits per heavy atom. The van der Waals surface area contributed by atoms with Gasteiger partial charge < -0.3 is 25.0 Å². The zero-order valence-corrected chi connectivity index (χ0v) is 25.3. The van der Waals surface area contributed by atoms with E-state index in [9.17, 15) is 9.90 Å². The molecule has 2 aliphatic carbocycles. The molecule has 8 heteroatoms. The largest absolute Gasteiger partial charge is 0.490 e. The van der Waals surface area contributed by atoms with Crippen LogP contribution in [0.2, 0.25) is 0 Å². The fourth-order valence-corrected chi connectivity index (χ4v) is 5.37. The molecule has 2 fully saturated rings. The number of carbonyl (C=O) groups is 1. The van der Waals surface area contributed by atoms with Crippen molar-refractivity contribution in [1.82, 2.24) is 15.3 Å². The predicted molar refractivity (Wildman–Crippen MR) is 166 cm³/mol. The van der Waals surface area contributed by atoms with E-state index in [1.807, 2.05) is 18.5 Å². The zero-order chi connectivity index (χ0) is 30.1. The number of amides is 1. The lowest BCUT2D eigenvalue weighted by Gasteiger charge is -2.22. The number of ether oxygens (including phenoxy) is 2. The second kappa shape index (κ2) is 14.9. The van der Waals surface area contributed by atoms with Crippen LogP contribution in [0.3, 0.4) is 0 Å². The van der Waals surface area contributed by atoms with Crippen LogP contribution in [0.15, 0.2) is 54.9 Å². The molecule has 1 unspecified atom stereocenters. The number of benzene rings is 1. The molecule has 3 N–H and O–H groups in total. The Morgan fingerprint density at radius 1 is 1.07 bits per heavy atom. The molecule has 1 atom stereocenters. The fraction of sp³-hybridized carbons (Fsp3) is 0.514. The van der Waals surface area contributed by atoms with Crippen LogP contribution in [0, 0.1) is 6.92 Å². The molecule has 0 radical (unpaired) electrons. The first-order valence-corrected chi connectivity index (χ1v) is 15.8. The van der Waals surface area contributed by atoms with Gasteiger partial charge in [-0.25, -0.2) is 0 Å². The highest BCUT2D eigenvalue weighted by molar-refractivity contribution is 5.76. The van der Waals surface area contributed by atoms with Gasteiger partial charge in [0, 0.05) is 42.2 Å². The maximum atomic E-state index is 12.1. The van der Waals surface area contributed by atoms with Gasteiger partial charge in [0.05, 0.1) is 36.7 Å². The number of aryl methyl sites for hydroxylation is 2. The molecule has 0 aliphatic heterocycles. The van der Waals surface area contributed by atoms with Crippen LogP contribution in [0.4, 0.5) is 0 Å². The molecule has 1 amide bonds. The molecule has 0 saturated heterocycles. The molecule has 5 rings (SSSR count). The Morgan fingerprint density at radius 2 is 1.91 bits per heavy atom. The normalized spacial score (nSPS) is 16.1. The summed E-state index contributed by atoms with van der Waals surface area (Å²) in [5, 5.41) is 21.2. The standard InChI is InChI=1S/C35H45N3O5/c1-25-13-14-26(8-2-5-12-34(41)37-20-7-6-9-27(40)23-39)38-32(25)24-42-35(18-19-35)31-22-36-21-17-29(31)30-10-3-4-11-33(30)43-28-15-16-28/h3-4,10-11,13-14,17,21-22,27-28,39-40H,2,5-9,12,15-16,18-20,23-24H2,1H3,(H,37,41). The van der Waals surface area contributed by atoms with Gasteiger partial charge in [0.1, 0.15) is 5.75 Å². The third-order valence-electron chi connectivity index (χ3n) is 8.34. The predicted octanol–water partition coefficient (Wildman–Crippen LogP) is 5.55. The summed E-state index contributed by atoms with van der Waals surface area (Å²) in [7, 11) is 0. The number of aromatic nitrogens is 2. The Bertz CT molecular complexity index is 1350. The van der Waals surface area contributed by atoms with Crippen LogP contribution >= 0.6 is 0 Å². The summed E-state index contributed by atoms with van der Waals surface area (Å²) < 4.78 is 12.9. The summed E-state index contributed by atoms with van der Waals surface area (Å²) >= 11 is 0. The molecule has 1 aromatic carbocycles. The molecule has 2 saturated carbocycles. The topological polar surface area (TPSA) is 114 Å². The molecular formula is C35H45N3O5. The Labute approximate surface area is 254 Å². The van der Waals surface area contributed by atoms with Gasteiger partial charge in [0.2, 0.25) is 5.91 Å². The molecule has 0 spiro atoms. The second-order valence-electron chi connectivity index (χ2n) is 12.0. The minimum atomic E-state index is -0.665. The van der Waals surface area contributed by atoms with Crippen LogP contribution in [0.25, 0.3) is 11.1 Å². The molecule has 2 aromatic heterocycles. The van der Waals surface area contributed by atoms with Crippen molar-refractivity contribution in [3.8, 4) is 16.9 Å². The molecule has 8 nitrogen and oxygen atoms in total. The summed E-state index contributed by atoms with van der Waals surface area (Å²) in [5.74, 6) is 0.978. The lowest BCUT2D eigenvalue weighted by Crippen LogP contribution is -2.24. The van der Waals surface area contributed by atoms with Crippen molar-refractivity contribution in [2.75, 3.05) is 13.2 Å². The highest BCUT2D eigenvalue weighted by Crippen LogP contribution is 2.53. The number of para-hydroxylation sites is 1. The first-order valence-electron chi connectivity index (χ1n) is 15.8. The van der Waals surface area contributed by atoms with Gasteiger partial charge in [-0.15, -0.1) is 0 Å². The lowest BCUT2D eigenvalue weighted by atomic mass is 9.96. The molecule has 230 valence electrons. The maximum absolute atomic E-state index is 12.1.